The number of carboxylic acids is 1. The van der Waals surface area contributed by atoms with Gasteiger partial charge in [-0.1, -0.05) is 42.1 Å². The lowest BCUT2D eigenvalue weighted by Crippen LogP contribution is -2.17. The summed E-state index contributed by atoms with van der Waals surface area (Å²) >= 11 is 1.28. The van der Waals surface area contributed by atoms with Crippen molar-refractivity contribution in [2.24, 2.45) is 7.05 Å². The zero-order valence-electron chi connectivity index (χ0n) is 12.1. The van der Waals surface area contributed by atoms with Gasteiger partial charge in [-0.2, -0.15) is 0 Å². The van der Waals surface area contributed by atoms with Crippen LogP contribution in [0.3, 0.4) is 0 Å². The van der Waals surface area contributed by atoms with Crippen LogP contribution in [0.2, 0.25) is 0 Å². The molecule has 0 saturated carbocycles. The van der Waals surface area contributed by atoms with Crippen LogP contribution in [0, 0.1) is 0 Å². The van der Waals surface area contributed by atoms with Crippen molar-refractivity contribution in [3.05, 3.63) is 41.6 Å². The smallest absolute Gasteiger partial charge is 0.413 e. The molecule has 1 amide bonds. The predicted octanol–water partition coefficient (Wildman–Crippen LogP) is 2.59. The number of nitrogens with zero attached hydrogens (tertiary/aromatic N) is 2. The Morgan fingerprint density at radius 3 is 2.64 bits per heavy atom. The minimum atomic E-state index is -1.17. The van der Waals surface area contributed by atoms with Crippen LogP contribution in [-0.4, -0.2) is 33.0 Å². The van der Waals surface area contributed by atoms with Gasteiger partial charge in [-0.15, -0.1) is 0 Å². The zero-order valence-corrected chi connectivity index (χ0v) is 12.9. The number of benzene rings is 1. The molecule has 8 heteroatoms. The molecule has 0 atom stereocenters. The number of aromatic carboxylic acids is 1. The number of carbonyl (C=O) groups is 2. The van der Waals surface area contributed by atoms with Gasteiger partial charge in [0.15, 0.2) is 16.7 Å². The summed E-state index contributed by atoms with van der Waals surface area (Å²) < 4.78 is 6.45. The van der Waals surface area contributed by atoms with Gasteiger partial charge in [0.05, 0.1) is 0 Å². The summed E-state index contributed by atoms with van der Waals surface area (Å²) in [7, 11) is 1.57. The van der Waals surface area contributed by atoms with Crippen LogP contribution in [0.4, 0.5) is 10.6 Å². The fraction of sp³-hybridized carbons (Fsp3) is 0.214. The molecule has 0 aliphatic rings. The summed E-state index contributed by atoms with van der Waals surface area (Å²) in [5, 5.41) is 12.1. The number of carbonyl (C=O) groups excluding carboxylic acids is 1. The normalized spacial score (nSPS) is 10.3. The van der Waals surface area contributed by atoms with E-state index < -0.39 is 12.1 Å². The Morgan fingerprint density at radius 1 is 1.36 bits per heavy atom. The first kappa shape index (κ1) is 15.9. The van der Waals surface area contributed by atoms with Crippen LogP contribution in [-0.2, 0) is 18.4 Å². The Bertz CT molecular complexity index is 685. The molecule has 116 valence electrons. The summed E-state index contributed by atoms with van der Waals surface area (Å²) in [6, 6.07) is 9.18. The second-order valence-corrected chi connectivity index (χ2v) is 5.12. The van der Waals surface area contributed by atoms with Gasteiger partial charge in [0.25, 0.3) is 0 Å². The van der Waals surface area contributed by atoms with Crippen molar-refractivity contribution < 1.29 is 19.4 Å². The molecular weight excluding hydrogens is 306 g/mol. The molecule has 2 aromatic rings. The van der Waals surface area contributed by atoms with Crippen molar-refractivity contribution in [2.75, 3.05) is 11.6 Å². The molecule has 1 heterocycles. The van der Waals surface area contributed by atoms with Gasteiger partial charge in [-0.3, -0.25) is 5.32 Å². The lowest BCUT2D eigenvalue weighted by Gasteiger charge is -2.06. The maximum Gasteiger partial charge on any atom is 0.413 e. The molecule has 0 saturated heterocycles. The van der Waals surface area contributed by atoms with E-state index in [1.165, 1.54) is 16.3 Å². The third kappa shape index (κ3) is 3.59. The summed E-state index contributed by atoms with van der Waals surface area (Å²) in [6.07, 6.45) is 1.02. The summed E-state index contributed by atoms with van der Waals surface area (Å²) in [6.45, 7) is 0.0945. The van der Waals surface area contributed by atoms with E-state index in [1.807, 2.05) is 30.3 Å². The Labute approximate surface area is 131 Å². The second-order valence-electron chi connectivity index (χ2n) is 4.35. The van der Waals surface area contributed by atoms with E-state index in [0.29, 0.717) is 5.16 Å². The number of thioether (sulfide) groups is 1. The van der Waals surface area contributed by atoms with Crippen molar-refractivity contribution in [1.82, 2.24) is 9.55 Å². The van der Waals surface area contributed by atoms with E-state index in [9.17, 15) is 14.7 Å². The number of amides is 1. The molecule has 0 bridgehead atoms. The van der Waals surface area contributed by atoms with Crippen LogP contribution in [0.5, 0.6) is 0 Å². The third-order valence-corrected chi connectivity index (χ3v) is 3.60. The number of nitrogens with one attached hydrogen (secondary N) is 1. The van der Waals surface area contributed by atoms with Crippen LogP contribution in [0.15, 0.2) is 35.5 Å². The summed E-state index contributed by atoms with van der Waals surface area (Å²) in [4.78, 5) is 27.1. The molecule has 0 spiro atoms. The lowest BCUT2D eigenvalue weighted by atomic mass is 10.2. The Balaban J connectivity index is 2.07. The topological polar surface area (TPSA) is 93.4 Å². The zero-order chi connectivity index (χ0) is 16.1. The Kier molecular flexibility index (Phi) is 5.05. The third-order valence-electron chi connectivity index (χ3n) is 2.87. The molecule has 22 heavy (non-hydrogen) atoms. The fourth-order valence-corrected chi connectivity index (χ4v) is 2.40. The summed E-state index contributed by atoms with van der Waals surface area (Å²) in [5.41, 5.74) is 0.739. The Morgan fingerprint density at radius 2 is 2.05 bits per heavy atom. The quantitative estimate of drug-likeness (QED) is 0.822. The number of ether oxygens (including phenoxy) is 1. The highest BCUT2D eigenvalue weighted by Crippen LogP contribution is 2.22. The molecular formula is C14H15N3O4S. The average molecular weight is 321 g/mol. The second kappa shape index (κ2) is 6.99. The van der Waals surface area contributed by atoms with Crippen LogP contribution in [0.1, 0.15) is 16.1 Å². The largest absolute Gasteiger partial charge is 0.476 e. The number of hydrogen-bond acceptors (Lipinski definition) is 5. The number of aromatic nitrogens is 2. The van der Waals surface area contributed by atoms with E-state index in [2.05, 4.69) is 10.3 Å². The van der Waals surface area contributed by atoms with Crippen molar-refractivity contribution in [3.8, 4) is 0 Å². The molecule has 1 aromatic carbocycles. The highest BCUT2D eigenvalue weighted by molar-refractivity contribution is 7.98. The number of carboxylic acid groups (broad SMARTS) is 1. The Hall–Kier alpha value is -2.48. The van der Waals surface area contributed by atoms with E-state index >= 15 is 0 Å². The first-order chi connectivity index (χ1) is 10.5. The number of hydrogen-bond donors (Lipinski definition) is 2. The lowest BCUT2D eigenvalue weighted by molar-refractivity contribution is 0.0687. The molecule has 7 nitrogen and oxygen atoms in total. The molecule has 1 aromatic heterocycles. The summed E-state index contributed by atoms with van der Waals surface area (Å²) in [5.74, 6) is -1.20. The number of rotatable bonds is 5. The first-order valence-electron chi connectivity index (χ1n) is 6.34. The van der Waals surface area contributed by atoms with E-state index in [0.717, 1.165) is 5.56 Å². The van der Waals surface area contributed by atoms with Gasteiger partial charge in [-0.05, 0) is 11.8 Å². The van der Waals surface area contributed by atoms with Crippen molar-refractivity contribution in [3.63, 3.8) is 0 Å². The van der Waals surface area contributed by atoms with Gasteiger partial charge >= 0.3 is 12.1 Å². The van der Waals surface area contributed by atoms with Gasteiger partial charge in [-0.25, -0.2) is 14.6 Å². The van der Waals surface area contributed by atoms with Gasteiger partial charge in [0.2, 0.25) is 0 Å². The SMILES string of the molecule is CSc1nc(NC(=O)OCc2ccccc2)c(C(=O)O)n1C. The molecule has 0 aliphatic carbocycles. The maximum atomic E-state index is 11.8. The highest BCUT2D eigenvalue weighted by Gasteiger charge is 2.22. The van der Waals surface area contributed by atoms with E-state index in [-0.39, 0.29) is 18.1 Å². The van der Waals surface area contributed by atoms with Gasteiger partial charge in [0.1, 0.15) is 6.61 Å². The average Bonchev–Trinajstić information content (AvgIpc) is 2.82. The molecule has 0 unspecified atom stereocenters. The van der Waals surface area contributed by atoms with Crippen molar-refractivity contribution in [1.29, 1.82) is 0 Å². The van der Waals surface area contributed by atoms with Gasteiger partial charge < -0.3 is 14.4 Å². The predicted molar refractivity (Wildman–Crippen MR) is 82.2 cm³/mol. The van der Waals surface area contributed by atoms with Gasteiger partial charge in [0, 0.05) is 7.05 Å². The molecule has 0 aliphatic heterocycles. The molecule has 2 N–H and O–H groups in total. The van der Waals surface area contributed by atoms with Crippen LogP contribution >= 0.6 is 11.8 Å². The van der Waals surface area contributed by atoms with Crippen LogP contribution < -0.4 is 5.32 Å². The number of imidazole rings is 1. The maximum absolute atomic E-state index is 11.8. The minimum Gasteiger partial charge on any atom is -0.476 e. The molecule has 0 fully saturated rings. The monoisotopic (exact) mass is 321 g/mol. The van der Waals surface area contributed by atoms with Crippen molar-refractivity contribution in [2.45, 2.75) is 11.8 Å². The fourth-order valence-electron chi connectivity index (χ4n) is 1.85. The van der Waals surface area contributed by atoms with E-state index in [4.69, 9.17) is 4.74 Å². The van der Waals surface area contributed by atoms with Crippen LogP contribution in [0.25, 0.3) is 0 Å². The van der Waals surface area contributed by atoms with E-state index in [1.54, 1.807) is 13.3 Å². The standard InChI is InChI=1S/C14H15N3O4S/c1-17-10(12(18)19)11(15-13(17)22-2)16-14(20)21-8-9-6-4-3-5-7-9/h3-7H,8H2,1-2H3,(H,16,20)(H,18,19). The molecule has 2 rings (SSSR count). The highest BCUT2D eigenvalue weighted by atomic mass is 32.2. The first-order valence-corrected chi connectivity index (χ1v) is 7.57. The van der Waals surface area contributed by atoms with Crippen molar-refractivity contribution >= 4 is 29.6 Å². The minimum absolute atomic E-state index is 0.0302. The molecule has 0 radical (unpaired) electrons. The number of anilines is 1.